The monoisotopic (exact) mass is 430 g/mol. The van der Waals surface area contributed by atoms with E-state index in [0.717, 1.165) is 5.56 Å². The van der Waals surface area contributed by atoms with Crippen molar-refractivity contribution in [3.05, 3.63) is 40.6 Å². The van der Waals surface area contributed by atoms with Gasteiger partial charge < -0.3 is 15.6 Å². The molecule has 4 N–H and O–H groups in total. The largest absolute Gasteiger partial charge is 0.507 e. The summed E-state index contributed by atoms with van der Waals surface area (Å²) in [4.78, 5) is 35.7. The number of nitrogens with one attached hydrogen (secondary N) is 2. The Morgan fingerprint density at radius 3 is 2.45 bits per heavy atom. The van der Waals surface area contributed by atoms with Gasteiger partial charge >= 0.3 is 5.97 Å². The van der Waals surface area contributed by atoms with Gasteiger partial charge in [0.15, 0.2) is 0 Å². The zero-order chi connectivity index (χ0) is 23.3. The van der Waals surface area contributed by atoms with Gasteiger partial charge in [0.2, 0.25) is 0 Å². The molecule has 1 heterocycles. The van der Waals surface area contributed by atoms with Crippen molar-refractivity contribution in [1.29, 1.82) is 0 Å². The van der Waals surface area contributed by atoms with Crippen LogP contribution >= 0.6 is 0 Å². The van der Waals surface area contributed by atoms with Gasteiger partial charge in [-0.05, 0) is 42.4 Å². The molecule has 1 aromatic rings. The summed E-state index contributed by atoms with van der Waals surface area (Å²) in [5, 5.41) is 24.6. The van der Waals surface area contributed by atoms with E-state index in [1.54, 1.807) is 13.0 Å². The molecule has 168 valence electrons. The van der Waals surface area contributed by atoms with Gasteiger partial charge in [-0.2, -0.15) is 5.10 Å². The van der Waals surface area contributed by atoms with Crippen molar-refractivity contribution in [1.82, 2.24) is 15.9 Å². The van der Waals surface area contributed by atoms with Crippen LogP contribution in [0.3, 0.4) is 0 Å². The number of hydrazone groups is 1. The summed E-state index contributed by atoms with van der Waals surface area (Å²) in [6, 6.07) is 3.57. The van der Waals surface area contributed by atoms with Gasteiger partial charge in [-0.25, -0.2) is 5.01 Å². The predicted molar refractivity (Wildman–Crippen MR) is 117 cm³/mol. The molecule has 1 aliphatic heterocycles. The fraction of sp³-hybridized carbons (Fsp3) is 0.455. The van der Waals surface area contributed by atoms with E-state index in [1.807, 2.05) is 33.8 Å². The number of aliphatic carboxylic acids is 1. The SMILES string of the molecule is CC1=NN(CCCC(=O)O)C(=O)/C1=C\NNC(=O)c1cc(C(C)C)cc(C(C)C)c1O. The highest BCUT2D eigenvalue weighted by Crippen LogP contribution is 2.33. The molecule has 0 aromatic heterocycles. The molecular weight excluding hydrogens is 400 g/mol. The topological polar surface area (TPSA) is 131 Å². The van der Waals surface area contributed by atoms with Crippen molar-refractivity contribution in [3.8, 4) is 5.75 Å². The third-order valence-electron chi connectivity index (χ3n) is 4.98. The Bertz CT molecular complexity index is 934. The lowest BCUT2D eigenvalue weighted by atomic mass is 9.92. The third-order valence-corrected chi connectivity index (χ3v) is 4.98. The number of rotatable bonds is 9. The standard InChI is InChI=1S/C22H30N4O5/c1-12(2)15-9-16(13(3)4)20(29)17(10-15)21(30)24-23-11-18-14(5)25-26(22(18)31)8-6-7-19(27)28/h9-13,23,29H,6-8H2,1-5H3,(H,24,30)(H,27,28)/b18-11-. The smallest absolute Gasteiger partial charge is 0.303 e. The van der Waals surface area contributed by atoms with Gasteiger partial charge in [0.05, 0.1) is 16.8 Å². The van der Waals surface area contributed by atoms with Gasteiger partial charge in [-0.3, -0.25) is 19.8 Å². The molecule has 9 heteroatoms. The molecule has 31 heavy (non-hydrogen) atoms. The zero-order valence-electron chi connectivity index (χ0n) is 18.5. The second kappa shape index (κ2) is 10.1. The number of amides is 2. The van der Waals surface area contributed by atoms with Crippen molar-refractivity contribution >= 4 is 23.5 Å². The van der Waals surface area contributed by atoms with E-state index in [4.69, 9.17) is 5.11 Å². The van der Waals surface area contributed by atoms with Crippen LogP contribution in [0.25, 0.3) is 0 Å². The molecular formula is C22H30N4O5. The number of benzene rings is 1. The Balaban J connectivity index is 2.09. The number of aromatic hydroxyl groups is 1. The second-order valence-corrected chi connectivity index (χ2v) is 8.08. The summed E-state index contributed by atoms with van der Waals surface area (Å²) in [5.74, 6) is -1.68. The van der Waals surface area contributed by atoms with Crippen molar-refractivity contribution in [2.45, 2.75) is 59.3 Å². The highest BCUT2D eigenvalue weighted by atomic mass is 16.4. The lowest BCUT2D eigenvalue weighted by Gasteiger charge is -2.17. The minimum atomic E-state index is -0.932. The lowest BCUT2D eigenvalue weighted by molar-refractivity contribution is -0.137. The van der Waals surface area contributed by atoms with E-state index in [-0.39, 0.29) is 47.6 Å². The molecule has 0 bridgehead atoms. The van der Waals surface area contributed by atoms with Gasteiger partial charge in [0.1, 0.15) is 5.75 Å². The van der Waals surface area contributed by atoms with Crippen molar-refractivity contribution in [2.75, 3.05) is 6.54 Å². The quantitative estimate of drug-likeness (QED) is 0.352. The number of phenols is 1. The number of carboxylic acids is 1. The maximum atomic E-state index is 12.7. The lowest BCUT2D eigenvalue weighted by Crippen LogP contribution is -2.35. The van der Waals surface area contributed by atoms with Crippen molar-refractivity contribution in [3.63, 3.8) is 0 Å². The molecule has 1 aromatic carbocycles. The van der Waals surface area contributed by atoms with E-state index in [9.17, 15) is 19.5 Å². The highest BCUT2D eigenvalue weighted by Gasteiger charge is 2.27. The van der Waals surface area contributed by atoms with Gasteiger partial charge in [-0.1, -0.05) is 33.8 Å². The van der Waals surface area contributed by atoms with Gasteiger partial charge in [-0.15, -0.1) is 0 Å². The number of hydrogen-bond acceptors (Lipinski definition) is 6. The van der Waals surface area contributed by atoms with Crippen LogP contribution < -0.4 is 10.9 Å². The Hall–Kier alpha value is -3.36. The number of carboxylic acid groups (broad SMARTS) is 1. The molecule has 9 nitrogen and oxygen atoms in total. The fourth-order valence-corrected chi connectivity index (χ4v) is 3.14. The Morgan fingerprint density at radius 2 is 1.87 bits per heavy atom. The zero-order valence-corrected chi connectivity index (χ0v) is 18.5. The molecule has 0 saturated heterocycles. The molecule has 0 unspecified atom stereocenters. The van der Waals surface area contributed by atoms with Crippen molar-refractivity contribution in [2.24, 2.45) is 5.10 Å². The van der Waals surface area contributed by atoms with Gasteiger partial charge in [0, 0.05) is 19.2 Å². The first-order valence-corrected chi connectivity index (χ1v) is 10.2. The van der Waals surface area contributed by atoms with Crippen LogP contribution in [0, 0.1) is 0 Å². The van der Waals surface area contributed by atoms with E-state index >= 15 is 0 Å². The Morgan fingerprint density at radius 1 is 1.19 bits per heavy atom. The maximum absolute atomic E-state index is 12.7. The fourth-order valence-electron chi connectivity index (χ4n) is 3.14. The molecule has 2 rings (SSSR count). The summed E-state index contributed by atoms with van der Waals surface area (Å²) in [5.41, 5.74) is 7.60. The number of phenolic OH excluding ortho intramolecular Hbond substituents is 1. The minimum Gasteiger partial charge on any atom is -0.507 e. The Labute approximate surface area is 181 Å². The average molecular weight is 431 g/mol. The molecule has 0 aliphatic carbocycles. The predicted octanol–water partition coefficient (Wildman–Crippen LogP) is 2.84. The van der Waals surface area contributed by atoms with Gasteiger partial charge in [0.25, 0.3) is 11.8 Å². The van der Waals surface area contributed by atoms with E-state index in [2.05, 4.69) is 16.0 Å². The number of hydrazine groups is 1. The van der Waals surface area contributed by atoms with Crippen LogP contribution in [0.4, 0.5) is 0 Å². The average Bonchev–Trinajstić information content (AvgIpc) is 2.94. The number of carbonyl (C=O) groups excluding carboxylic acids is 2. The van der Waals surface area contributed by atoms with E-state index < -0.39 is 11.9 Å². The highest BCUT2D eigenvalue weighted by molar-refractivity contribution is 6.23. The molecule has 0 radical (unpaired) electrons. The molecule has 1 aliphatic rings. The van der Waals surface area contributed by atoms with Crippen LogP contribution in [0.1, 0.15) is 80.8 Å². The molecule has 0 fully saturated rings. The number of carbonyl (C=O) groups is 3. The number of nitrogens with zero attached hydrogens (tertiary/aromatic N) is 2. The van der Waals surface area contributed by atoms with E-state index in [1.165, 1.54) is 11.2 Å². The summed E-state index contributed by atoms with van der Waals surface area (Å²) in [7, 11) is 0. The normalized spacial score (nSPS) is 15.1. The number of hydrogen-bond donors (Lipinski definition) is 4. The summed E-state index contributed by atoms with van der Waals surface area (Å²) in [6.45, 7) is 9.75. The molecule has 0 spiro atoms. The van der Waals surface area contributed by atoms with Crippen molar-refractivity contribution < 1.29 is 24.6 Å². The van der Waals surface area contributed by atoms with Crippen LogP contribution in [0.5, 0.6) is 5.75 Å². The second-order valence-electron chi connectivity index (χ2n) is 8.08. The summed E-state index contributed by atoms with van der Waals surface area (Å²) >= 11 is 0. The summed E-state index contributed by atoms with van der Waals surface area (Å²) < 4.78 is 0. The first-order chi connectivity index (χ1) is 14.5. The van der Waals surface area contributed by atoms with E-state index in [0.29, 0.717) is 17.7 Å². The van der Waals surface area contributed by atoms with Crippen LogP contribution in [0.15, 0.2) is 29.0 Å². The molecule has 0 atom stereocenters. The van der Waals surface area contributed by atoms with Crippen LogP contribution in [0.2, 0.25) is 0 Å². The summed E-state index contributed by atoms with van der Waals surface area (Å²) in [6.07, 6.45) is 1.57. The maximum Gasteiger partial charge on any atom is 0.303 e. The first-order valence-electron chi connectivity index (χ1n) is 10.2. The minimum absolute atomic E-state index is 0.0439. The molecule has 2 amide bonds. The Kier molecular flexibility index (Phi) is 7.79. The van der Waals surface area contributed by atoms with Crippen LogP contribution in [-0.4, -0.2) is 45.3 Å². The first kappa shape index (κ1) is 23.9. The van der Waals surface area contributed by atoms with Crippen LogP contribution in [-0.2, 0) is 9.59 Å². The molecule has 0 saturated carbocycles. The third kappa shape index (κ3) is 5.84.